The molecule has 12 heteroatoms. The van der Waals surface area contributed by atoms with Crippen LogP contribution in [-0.2, 0) is 0 Å². The number of aromatic amines is 1. The van der Waals surface area contributed by atoms with Gasteiger partial charge in [0.2, 0.25) is 0 Å². The Morgan fingerprint density at radius 1 is 1.24 bits per heavy atom. The topological polar surface area (TPSA) is 127 Å². The highest BCUT2D eigenvalue weighted by Gasteiger charge is 2.39. The van der Waals surface area contributed by atoms with Crippen molar-refractivity contribution >= 4 is 34.4 Å². The molecule has 2 aromatic heterocycles. The van der Waals surface area contributed by atoms with Crippen molar-refractivity contribution in [3.8, 4) is 0 Å². The molecule has 1 amide bonds. The molecule has 3 aromatic rings. The van der Waals surface area contributed by atoms with Gasteiger partial charge in [0.05, 0.1) is 24.0 Å². The van der Waals surface area contributed by atoms with E-state index in [4.69, 9.17) is 11.6 Å². The molecule has 0 spiro atoms. The number of fused-ring (bicyclic) bond motifs is 1. The number of aliphatic hydroxyl groups excluding tert-OH is 2. The monoisotopic (exact) mass is 476 g/mol. The zero-order valence-corrected chi connectivity index (χ0v) is 17.7. The normalized spacial score (nSPS) is 26.9. The average molecular weight is 477 g/mol. The molecule has 5 rings (SSSR count). The van der Waals surface area contributed by atoms with E-state index in [1.54, 1.807) is 6.08 Å². The van der Waals surface area contributed by atoms with Crippen LogP contribution in [0, 0.1) is 5.82 Å². The van der Waals surface area contributed by atoms with E-state index >= 15 is 0 Å². The van der Waals surface area contributed by atoms with Crippen molar-refractivity contribution in [2.45, 2.75) is 36.9 Å². The Labute approximate surface area is 191 Å². The van der Waals surface area contributed by atoms with E-state index in [0.717, 1.165) is 6.07 Å². The van der Waals surface area contributed by atoms with Crippen LogP contribution in [0.25, 0.3) is 11.0 Å². The third-order valence-corrected chi connectivity index (χ3v) is 6.10. The van der Waals surface area contributed by atoms with Crippen molar-refractivity contribution in [2.24, 2.45) is 0 Å². The molecule has 1 saturated heterocycles. The number of rotatable bonds is 4. The summed E-state index contributed by atoms with van der Waals surface area (Å²) in [5.41, 5.74) is 0.598. The number of hydrogen-bond donors (Lipinski definition) is 4. The van der Waals surface area contributed by atoms with Gasteiger partial charge in [-0.25, -0.2) is 18.7 Å². The van der Waals surface area contributed by atoms with Crippen LogP contribution in [0.2, 0.25) is 5.02 Å². The fourth-order valence-electron chi connectivity index (χ4n) is 4.32. The fourth-order valence-corrected chi connectivity index (χ4v) is 4.55. The van der Waals surface area contributed by atoms with Crippen LogP contribution in [0.5, 0.6) is 0 Å². The molecule has 33 heavy (non-hydrogen) atoms. The van der Waals surface area contributed by atoms with Crippen molar-refractivity contribution in [3.63, 3.8) is 0 Å². The second-order valence-corrected chi connectivity index (χ2v) is 8.50. The highest BCUT2D eigenvalue weighted by atomic mass is 35.5. The van der Waals surface area contributed by atoms with Crippen molar-refractivity contribution in [1.82, 2.24) is 25.1 Å². The second-order valence-electron chi connectivity index (χ2n) is 8.06. The van der Waals surface area contributed by atoms with E-state index in [9.17, 15) is 23.8 Å². The molecule has 1 aromatic carbocycles. The van der Waals surface area contributed by atoms with E-state index < -0.39 is 42.2 Å². The number of carbonyl (C=O) groups excluding carboxylic acids is 1. The molecule has 1 aliphatic heterocycles. The van der Waals surface area contributed by atoms with Crippen molar-refractivity contribution in [3.05, 3.63) is 58.8 Å². The molecule has 1 fully saturated rings. The van der Waals surface area contributed by atoms with Gasteiger partial charge in [-0.3, -0.25) is 9.89 Å². The maximum atomic E-state index is 14.4. The highest BCUT2D eigenvalue weighted by molar-refractivity contribution is 6.30. The fraction of sp³-hybridized carbons (Fsp3) is 0.333. The zero-order valence-electron chi connectivity index (χ0n) is 17.0. The van der Waals surface area contributed by atoms with Gasteiger partial charge in [0.25, 0.3) is 5.91 Å². The number of aromatic nitrogens is 4. The minimum atomic E-state index is -1.30. The van der Waals surface area contributed by atoms with Crippen LogP contribution in [0.4, 0.5) is 14.6 Å². The number of anilines is 1. The minimum absolute atomic E-state index is 0.00382. The van der Waals surface area contributed by atoms with Gasteiger partial charge < -0.3 is 20.4 Å². The largest absolute Gasteiger partial charge is 0.388 e. The molecule has 0 bridgehead atoms. The first-order valence-corrected chi connectivity index (χ1v) is 10.6. The third-order valence-electron chi connectivity index (χ3n) is 5.88. The number of likely N-dealkylation sites (tertiary alicyclic amines) is 1. The summed E-state index contributed by atoms with van der Waals surface area (Å²) in [5, 5.41) is 30.0. The summed E-state index contributed by atoms with van der Waals surface area (Å²) in [7, 11) is 0. The molecule has 0 unspecified atom stereocenters. The molecule has 4 N–H and O–H groups in total. The predicted octanol–water partition coefficient (Wildman–Crippen LogP) is 2.14. The van der Waals surface area contributed by atoms with Crippen LogP contribution in [0.15, 0.2) is 36.7 Å². The molecule has 2 aliphatic rings. The summed E-state index contributed by atoms with van der Waals surface area (Å²) in [5.74, 6) is -0.936. The van der Waals surface area contributed by atoms with E-state index in [1.165, 1.54) is 29.4 Å². The van der Waals surface area contributed by atoms with E-state index in [-0.39, 0.29) is 40.5 Å². The van der Waals surface area contributed by atoms with E-state index in [2.05, 4.69) is 25.5 Å². The van der Waals surface area contributed by atoms with Crippen molar-refractivity contribution in [2.75, 3.05) is 11.9 Å². The predicted molar refractivity (Wildman–Crippen MR) is 115 cm³/mol. The van der Waals surface area contributed by atoms with Crippen LogP contribution in [-0.4, -0.2) is 72.2 Å². The minimum Gasteiger partial charge on any atom is -0.388 e. The van der Waals surface area contributed by atoms with E-state index in [1.807, 2.05) is 0 Å². The second kappa shape index (κ2) is 8.32. The first-order valence-electron chi connectivity index (χ1n) is 10.2. The summed E-state index contributed by atoms with van der Waals surface area (Å²) < 4.78 is 28.3. The lowest BCUT2D eigenvalue weighted by atomic mass is 10.0. The number of amides is 1. The van der Waals surface area contributed by atoms with Crippen LogP contribution >= 0.6 is 11.6 Å². The maximum Gasteiger partial charge on any atom is 0.273 e. The average Bonchev–Trinajstić information content (AvgIpc) is 3.46. The summed E-state index contributed by atoms with van der Waals surface area (Å²) >= 11 is 5.97. The van der Waals surface area contributed by atoms with Crippen LogP contribution < -0.4 is 5.32 Å². The zero-order chi connectivity index (χ0) is 23.3. The third kappa shape index (κ3) is 3.92. The molecule has 3 heterocycles. The van der Waals surface area contributed by atoms with Crippen molar-refractivity contribution < 1.29 is 23.8 Å². The molecular formula is C21H19ClF2N6O3. The number of nitrogens with zero attached hydrogens (tertiary/aromatic N) is 4. The number of alkyl halides is 1. The summed E-state index contributed by atoms with van der Waals surface area (Å²) in [4.78, 5) is 23.0. The van der Waals surface area contributed by atoms with Gasteiger partial charge in [0.1, 0.15) is 42.0 Å². The van der Waals surface area contributed by atoms with Gasteiger partial charge in [-0.2, -0.15) is 5.10 Å². The summed E-state index contributed by atoms with van der Waals surface area (Å²) in [6, 6.07) is 2.50. The molecular weight excluding hydrogens is 458 g/mol. The van der Waals surface area contributed by atoms with E-state index in [0.29, 0.717) is 5.56 Å². The molecule has 0 saturated carbocycles. The lowest BCUT2D eigenvalue weighted by Gasteiger charge is -2.25. The number of hydrogen-bond acceptors (Lipinski definition) is 7. The van der Waals surface area contributed by atoms with Gasteiger partial charge in [-0.05, 0) is 23.8 Å². The summed E-state index contributed by atoms with van der Waals surface area (Å²) in [6.07, 6.45) is 0.835. The Kier molecular flexibility index (Phi) is 5.47. The first-order chi connectivity index (χ1) is 15.8. The van der Waals surface area contributed by atoms with Gasteiger partial charge in [-0.1, -0.05) is 23.8 Å². The number of H-pyrrole nitrogens is 1. The lowest BCUT2D eigenvalue weighted by molar-refractivity contribution is 0.0552. The van der Waals surface area contributed by atoms with Gasteiger partial charge in [0, 0.05) is 11.4 Å². The Morgan fingerprint density at radius 2 is 2.06 bits per heavy atom. The highest BCUT2D eigenvalue weighted by Crippen LogP contribution is 2.37. The number of aliphatic hydroxyl groups is 2. The lowest BCUT2D eigenvalue weighted by Crippen LogP contribution is -2.35. The Morgan fingerprint density at radius 3 is 2.79 bits per heavy atom. The first kappa shape index (κ1) is 21.7. The van der Waals surface area contributed by atoms with Gasteiger partial charge in [0.15, 0.2) is 5.65 Å². The molecule has 0 radical (unpaired) electrons. The standard InChI is InChI=1S/C21H19ClF2N6O3/c22-10-3-9(4-11(23)5-10)14-6-12(24)7-30(14)21(33)17-16-19(25-8-26-20(16)29-28-17)27-13-1-2-15(31)18(13)32/h1-5,8,12-15,18,31-32H,6-7H2,(H2,25,26,27,28,29)/t12-,13+,14+,15+,18-/m0/s1. The Bertz CT molecular complexity index is 1230. The smallest absolute Gasteiger partial charge is 0.273 e. The number of halogens is 3. The van der Waals surface area contributed by atoms with Crippen LogP contribution in [0.1, 0.15) is 28.5 Å². The molecule has 9 nitrogen and oxygen atoms in total. The Hall–Kier alpha value is -3.15. The number of carbonyl (C=O) groups is 1. The quantitative estimate of drug-likeness (QED) is 0.425. The number of nitrogens with one attached hydrogen (secondary N) is 2. The summed E-state index contributed by atoms with van der Waals surface area (Å²) in [6.45, 7) is -0.190. The van der Waals surface area contributed by atoms with Crippen LogP contribution in [0.3, 0.4) is 0 Å². The molecule has 1 aliphatic carbocycles. The maximum absolute atomic E-state index is 14.4. The SMILES string of the molecule is O=C(c1[nH]nc2ncnc(N[C@@H]3C=C[C@@H](O)[C@H]3O)c12)N1C[C@@H](F)C[C@@H]1c1cc(F)cc(Cl)c1. The van der Waals surface area contributed by atoms with Crippen molar-refractivity contribution in [1.29, 1.82) is 0 Å². The molecule has 5 atom stereocenters. The Balaban J connectivity index is 1.51. The van der Waals surface area contributed by atoms with Gasteiger partial charge in [-0.15, -0.1) is 0 Å². The number of benzene rings is 1. The molecule has 172 valence electrons. The van der Waals surface area contributed by atoms with Gasteiger partial charge >= 0.3 is 0 Å².